The van der Waals surface area contributed by atoms with E-state index in [9.17, 15) is 4.79 Å². The number of esters is 1. The highest BCUT2D eigenvalue weighted by Crippen LogP contribution is 2.17. The Morgan fingerprint density at radius 1 is 1.19 bits per heavy atom. The second-order valence-corrected chi connectivity index (χ2v) is 8.62. The number of carbonyl (C=O) groups excluding carboxylic acids is 1. The summed E-state index contributed by atoms with van der Waals surface area (Å²) in [5.74, 6) is -0.161. The predicted octanol–water partition coefficient (Wildman–Crippen LogP) is 2.33. The summed E-state index contributed by atoms with van der Waals surface area (Å²) >= 11 is 0. The Labute approximate surface area is 99.5 Å². The van der Waals surface area contributed by atoms with Crippen molar-refractivity contribution in [3.63, 3.8) is 0 Å². The highest BCUT2D eigenvalue weighted by molar-refractivity contribution is 6.65. The Morgan fingerprint density at radius 3 is 2.06 bits per heavy atom. The summed E-state index contributed by atoms with van der Waals surface area (Å²) < 4.78 is 15.8. The molecule has 0 aliphatic carbocycles. The fraction of sp³-hybridized carbons (Fsp3) is 0.909. The van der Waals surface area contributed by atoms with Crippen molar-refractivity contribution in [1.82, 2.24) is 0 Å². The molecule has 0 saturated heterocycles. The van der Waals surface area contributed by atoms with Gasteiger partial charge in [0.25, 0.3) is 0 Å². The van der Waals surface area contributed by atoms with E-state index in [0.29, 0.717) is 6.61 Å². The van der Waals surface area contributed by atoms with Crippen molar-refractivity contribution in [3.8, 4) is 0 Å². The molecule has 0 aromatic rings. The summed E-state index contributed by atoms with van der Waals surface area (Å²) in [7, 11) is 1.32. The van der Waals surface area contributed by atoms with E-state index in [2.05, 4.69) is 0 Å². The second-order valence-electron chi connectivity index (χ2n) is 5.03. The molecular formula is C11H24O4Si. The third kappa shape index (κ3) is 5.63. The highest BCUT2D eigenvalue weighted by Gasteiger charge is 2.28. The first kappa shape index (κ1) is 15.6. The molecule has 0 spiro atoms. The largest absolute Gasteiger partial charge is 0.465 e. The molecule has 0 heterocycles. The van der Waals surface area contributed by atoms with Crippen LogP contribution in [-0.2, 0) is 18.4 Å². The molecule has 0 N–H and O–H groups in total. The van der Waals surface area contributed by atoms with Gasteiger partial charge in [0.2, 0.25) is 0 Å². The summed E-state index contributed by atoms with van der Waals surface area (Å²) in [5, 5.41) is 0. The smallest absolute Gasteiger partial charge is 0.334 e. The number of hydrogen-bond donors (Lipinski definition) is 0. The zero-order chi connectivity index (χ0) is 12.8. The molecule has 0 fully saturated rings. The van der Waals surface area contributed by atoms with Crippen molar-refractivity contribution in [1.29, 1.82) is 0 Å². The molecule has 0 rings (SSSR count). The summed E-state index contributed by atoms with van der Waals surface area (Å²) in [4.78, 5) is 11.5. The highest BCUT2D eigenvalue weighted by atomic mass is 28.4. The van der Waals surface area contributed by atoms with E-state index in [0.717, 1.165) is 12.5 Å². The maximum Gasteiger partial charge on any atom is 0.334 e. The summed E-state index contributed by atoms with van der Waals surface area (Å²) in [6, 6.07) is 0.831. The first-order chi connectivity index (χ1) is 7.25. The van der Waals surface area contributed by atoms with Crippen LogP contribution in [-0.4, -0.2) is 35.4 Å². The normalized spacial score (nSPS) is 12.6. The lowest BCUT2D eigenvalue weighted by Crippen LogP contribution is -2.36. The predicted molar refractivity (Wildman–Crippen MR) is 65.5 cm³/mol. The SMILES string of the molecule is CO[Si](C)(CCCOC(=O)C(C)(C)C)OC. The van der Waals surface area contributed by atoms with Crippen molar-refractivity contribution < 1.29 is 18.4 Å². The first-order valence-electron chi connectivity index (χ1n) is 5.53. The minimum atomic E-state index is -2.01. The fourth-order valence-electron chi connectivity index (χ4n) is 1.06. The molecule has 0 unspecified atom stereocenters. The van der Waals surface area contributed by atoms with Crippen LogP contribution in [0.4, 0.5) is 0 Å². The van der Waals surface area contributed by atoms with Gasteiger partial charge >= 0.3 is 14.5 Å². The lowest BCUT2D eigenvalue weighted by Gasteiger charge is -2.23. The third-order valence-electron chi connectivity index (χ3n) is 2.48. The molecule has 16 heavy (non-hydrogen) atoms. The van der Waals surface area contributed by atoms with Crippen LogP contribution in [0.2, 0.25) is 12.6 Å². The van der Waals surface area contributed by atoms with Crippen molar-refractivity contribution in [2.75, 3.05) is 20.8 Å². The monoisotopic (exact) mass is 248 g/mol. The van der Waals surface area contributed by atoms with E-state index in [4.69, 9.17) is 13.6 Å². The summed E-state index contributed by atoms with van der Waals surface area (Å²) in [5.41, 5.74) is -0.427. The van der Waals surface area contributed by atoms with Crippen molar-refractivity contribution in [2.45, 2.75) is 39.8 Å². The van der Waals surface area contributed by atoms with Crippen LogP contribution >= 0.6 is 0 Å². The van der Waals surface area contributed by atoms with Crippen LogP contribution in [0, 0.1) is 5.41 Å². The number of rotatable bonds is 6. The average Bonchev–Trinajstić information content (AvgIpc) is 2.22. The van der Waals surface area contributed by atoms with Crippen molar-refractivity contribution in [2.24, 2.45) is 5.41 Å². The average molecular weight is 248 g/mol. The summed E-state index contributed by atoms with van der Waals surface area (Å²) in [6.45, 7) is 7.97. The Morgan fingerprint density at radius 2 is 1.69 bits per heavy atom. The molecule has 0 atom stereocenters. The molecule has 0 aromatic heterocycles. The van der Waals surface area contributed by atoms with Gasteiger partial charge in [-0.3, -0.25) is 4.79 Å². The molecule has 0 aliphatic rings. The van der Waals surface area contributed by atoms with Crippen LogP contribution < -0.4 is 0 Å². The molecule has 0 aromatic carbocycles. The van der Waals surface area contributed by atoms with Crippen LogP contribution in [0.5, 0.6) is 0 Å². The maximum absolute atomic E-state index is 11.5. The standard InChI is InChI=1S/C11H24O4Si/c1-11(2,3)10(12)15-8-7-9-16(6,13-4)14-5/h7-9H2,1-6H3. The van der Waals surface area contributed by atoms with Gasteiger partial charge in [0, 0.05) is 14.2 Å². The zero-order valence-corrected chi connectivity index (χ0v) is 12.3. The van der Waals surface area contributed by atoms with Gasteiger partial charge in [0.1, 0.15) is 0 Å². The van der Waals surface area contributed by atoms with Gasteiger partial charge < -0.3 is 13.6 Å². The lowest BCUT2D eigenvalue weighted by molar-refractivity contribution is -0.152. The van der Waals surface area contributed by atoms with E-state index in [1.54, 1.807) is 14.2 Å². The van der Waals surface area contributed by atoms with E-state index >= 15 is 0 Å². The van der Waals surface area contributed by atoms with E-state index in [1.807, 2.05) is 27.3 Å². The van der Waals surface area contributed by atoms with Crippen LogP contribution in [0.25, 0.3) is 0 Å². The van der Waals surface area contributed by atoms with Gasteiger partial charge in [0.05, 0.1) is 12.0 Å². The van der Waals surface area contributed by atoms with Gasteiger partial charge in [0.15, 0.2) is 0 Å². The van der Waals surface area contributed by atoms with Gasteiger partial charge in [-0.15, -0.1) is 0 Å². The Hall–Kier alpha value is -0.393. The molecular weight excluding hydrogens is 224 g/mol. The number of carbonyl (C=O) groups is 1. The second kappa shape index (κ2) is 6.37. The molecule has 4 nitrogen and oxygen atoms in total. The lowest BCUT2D eigenvalue weighted by atomic mass is 9.97. The zero-order valence-electron chi connectivity index (χ0n) is 11.3. The molecule has 5 heteroatoms. The third-order valence-corrected chi connectivity index (χ3v) is 5.47. The van der Waals surface area contributed by atoms with E-state index in [1.165, 1.54) is 0 Å². The van der Waals surface area contributed by atoms with Gasteiger partial charge in [-0.05, 0) is 39.8 Å². The molecule has 0 radical (unpaired) electrons. The topological polar surface area (TPSA) is 44.8 Å². The minimum Gasteiger partial charge on any atom is -0.465 e. The molecule has 96 valence electrons. The van der Waals surface area contributed by atoms with Crippen molar-refractivity contribution in [3.05, 3.63) is 0 Å². The van der Waals surface area contributed by atoms with Gasteiger partial charge in [-0.1, -0.05) is 0 Å². The van der Waals surface area contributed by atoms with Gasteiger partial charge in [-0.2, -0.15) is 0 Å². The van der Waals surface area contributed by atoms with Crippen LogP contribution in [0.1, 0.15) is 27.2 Å². The van der Waals surface area contributed by atoms with Gasteiger partial charge in [-0.25, -0.2) is 0 Å². The summed E-state index contributed by atoms with van der Waals surface area (Å²) in [6.07, 6.45) is 0.784. The number of hydrogen-bond acceptors (Lipinski definition) is 4. The molecule has 0 saturated carbocycles. The maximum atomic E-state index is 11.5. The van der Waals surface area contributed by atoms with Crippen molar-refractivity contribution >= 4 is 14.5 Å². The molecule has 0 bridgehead atoms. The first-order valence-corrected chi connectivity index (χ1v) is 8.05. The molecule has 0 amide bonds. The number of ether oxygens (including phenoxy) is 1. The van der Waals surface area contributed by atoms with Crippen LogP contribution in [0.3, 0.4) is 0 Å². The quantitative estimate of drug-likeness (QED) is 0.411. The Bertz CT molecular complexity index is 219. The van der Waals surface area contributed by atoms with Crippen LogP contribution in [0.15, 0.2) is 0 Å². The molecule has 0 aliphatic heterocycles. The minimum absolute atomic E-state index is 0.161. The van der Waals surface area contributed by atoms with E-state index in [-0.39, 0.29) is 5.97 Å². The Kier molecular flexibility index (Phi) is 6.21. The van der Waals surface area contributed by atoms with E-state index < -0.39 is 14.0 Å². The fourth-order valence-corrected chi connectivity index (χ4v) is 2.42. The Balaban J connectivity index is 3.81.